The van der Waals surface area contributed by atoms with Crippen molar-refractivity contribution in [3.05, 3.63) is 59.2 Å². The average Bonchev–Trinajstić information content (AvgIpc) is 2.56. The first-order valence-corrected chi connectivity index (χ1v) is 10.4. The van der Waals surface area contributed by atoms with Crippen molar-refractivity contribution in [1.82, 2.24) is 0 Å². The summed E-state index contributed by atoms with van der Waals surface area (Å²) in [5.74, 6) is -0.434. The molecule has 0 atom stereocenters. The van der Waals surface area contributed by atoms with Crippen LogP contribution in [0.5, 0.6) is 0 Å². The summed E-state index contributed by atoms with van der Waals surface area (Å²) in [4.78, 5) is 23.9. The molecule has 0 spiro atoms. The summed E-state index contributed by atoms with van der Waals surface area (Å²) in [6, 6.07) is 12.1. The van der Waals surface area contributed by atoms with Crippen molar-refractivity contribution in [2.45, 2.75) is 27.2 Å². The van der Waals surface area contributed by atoms with Crippen LogP contribution in [0.25, 0.3) is 0 Å². The van der Waals surface area contributed by atoms with Gasteiger partial charge in [-0.3, -0.25) is 13.9 Å². The van der Waals surface area contributed by atoms with Crippen molar-refractivity contribution >= 4 is 33.1 Å². The van der Waals surface area contributed by atoms with Crippen molar-refractivity contribution in [1.29, 1.82) is 0 Å². The van der Waals surface area contributed by atoms with Gasteiger partial charge in [0.15, 0.2) is 5.78 Å². The summed E-state index contributed by atoms with van der Waals surface area (Å²) in [5.41, 5.74) is 3.53. The van der Waals surface area contributed by atoms with Gasteiger partial charge in [-0.25, -0.2) is 8.42 Å². The average molecular weight is 388 g/mol. The third-order valence-electron chi connectivity index (χ3n) is 4.14. The SMILES string of the molecule is CC(=O)c1cccc(N(CCC(=O)Nc2ccc(C)cc2C)S(C)(=O)=O)c1. The second-order valence-corrected chi connectivity index (χ2v) is 8.47. The van der Waals surface area contributed by atoms with E-state index >= 15 is 0 Å². The van der Waals surface area contributed by atoms with Crippen LogP contribution in [0.15, 0.2) is 42.5 Å². The Labute approximate surface area is 160 Å². The molecule has 0 radical (unpaired) electrons. The molecule has 7 heteroatoms. The maximum absolute atomic E-state index is 12.3. The number of benzene rings is 2. The molecule has 6 nitrogen and oxygen atoms in total. The number of rotatable bonds is 7. The molecule has 2 aromatic carbocycles. The molecule has 1 amide bonds. The summed E-state index contributed by atoms with van der Waals surface area (Å²) in [6.45, 7) is 5.27. The van der Waals surface area contributed by atoms with Crippen LogP contribution in [0.2, 0.25) is 0 Å². The van der Waals surface area contributed by atoms with E-state index in [1.54, 1.807) is 18.2 Å². The molecule has 0 aromatic heterocycles. The maximum atomic E-state index is 12.3. The third kappa shape index (κ3) is 5.65. The van der Waals surface area contributed by atoms with E-state index < -0.39 is 10.0 Å². The van der Waals surface area contributed by atoms with Crippen LogP contribution in [-0.4, -0.2) is 32.9 Å². The van der Waals surface area contributed by atoms with Gasteiger partial charge in [0.1, 0.15) is 0 Å². The number of ketones is 1. The zero-order valence-corrected chi connectivity index (χ0v) is 16.8. The smallest absolute Gasteiger partial charge is 0.232 e. The highest BCUT2D eigenvalue weighted by atomic mass is 32.2. The van der Waals surface area contributed by atoms with Gasteiger partial charge in [0.25, 0.3) is 0 Å². The zero-order valence-electron chi connectivity index (χ0n) is 15.9. The minimum Gasteiger partial charge on any atom is -0.326 e. The first kappa shape index (κ1) is 20.6. The molecule has 0 heterocycles. The van der Waals surface area contributed by atoms with Gasteiger partial charge in [-0.15, -0.1) is 0 Å². The first-order chi connectivity index (χ1) is 12.6. The quantitative estimate of drug-likeness (QED) is 0.738. The molecular weight excluding hydrogens is 364 g/mol. The van der Waals surface area contributed by atoms with Crippen LogP contribution < -0.4 is 9.62 Å². The van der Waals surface area contributed by atoms with Crippen LogP contribution >= 0.6 is 0 Å². The Kier molecular flexibility index (Phi) is 6.38. The van der Waals surface area contributed by atoms with Crippen molar-refractivity contribution in [2.75, 3.05) is 22.4 Å². The largest absolute Gasteiger partial charge is 0.326 e. The van der Waals surface area contributed by atoms with Crippen LogP contribution in [-0.2, 0) is 14.8 Å². The molecular formula is C20H24N2O4S. The van der Waals surface area contributed by atoms with Crippen LogP contribution in [0, 0.1) is 13.8 Å². The minimum absolute atomic E-state index is 0.00924. The molecule has 0 aliphatic heterocycles. The Morgan fingerprint density at radius 3 is 2.37 bits per heavy atom. The Morgan fingerprint density at radius 2 is 1.78 bits per heavy atom. The predicted octanol–water partition coefficient (Wildman–Crippen LogP) is 3.30. The number of hydrogen-bond acceptors (Lipinski definition) is 4. The Morgan fingerprint density at radius 1 is 1.07 bits per heavy atom. The number of nitrogens with one attached hydrogen (secondary N) is 1. The van der Waals surface area contributed by atoms with Crippen molar-refractivity contribution in [3.8, 4) is 0 Å². The fourth-order valence-corrected chi connectivity index (χ4v) is 3.66. The summed E-state index contributed by atoms with van der Waals surface area (Å²) in [7, 11) is -3.60. The topological polar surface area (TPSA) is 83.6 Å². The lowest BCUT2D eigenvalue weighted by atomic mass is 10.1. The molecule has 27 heavy (non-hydrogen) atoms. The molecule has 0 saturated heterocycles. The number of nitrogens with zero attached hydrogens (tertiary/aromatic N) is 1. The van der Waals surface area contributed by atoms with Crippen LogP contribution in [0.4, 0.5) is 11.4 Å². The normalized spacial score (nSPS) is 11.1. The van der Waals surface area contributed by atoms with Gasteiger partial charge >= 0.3 is 0 Å². The summed E-state index contributed by atoms with van der Waals surface area (Å²) in [5, 5.41) is 2.81. The highest BCUT2D eigenvalue weighted by Crippen LogP contribution is 2.21. The zero-order chi connectivity index (χ0) is 20.2. The molecule has 0 unspecified atom stereocenters. The summed E-state index contributed by atoms with van der Waals surface area (Å²) < 4.78 is 25.5. The van der Waals surface area contributed by atoms with Gasteiger partial charge < -0.3 is 5.32 Å². The van der Waals surface area contributed by atoms with Gasteiger partial charge in [0.05, 0.1) is 11.9 Å². The van der Waals surface area contributed by atoms with Gasteiger partial charge in [0, 0.05) is 24.2 Å². The monoisotopic (exact) mass is 388 g/mol. The van der Waals surface area contributed by atoms with E-state index in [2.05, 4.69) is 5.32 Å². The third-order valence-corrected chi connectivity index (χ3v) is 5.33. The van der Waals surface area contributed by atoms with E-state index in [1.807, 2.05) is 32.0 Å². The molecule has 144 valence electrons. The van der Waals surface area contributed by atoms with E-state index in [0.717, 1.165) is 21.7 Å². The summed E-state index contributed by atoms with van der Waals surface area (Å²) >= 11 is 0. The molecule has 0 bridgehead atoms. The van der Waals surface area contributed by atoms with Crippen molar-refractivity contribution < 1.29 is 18.0 Å². The van der Waals surface area contributed by atoms with Gasteiger partial charge in [-0.05, 0) is 44.5 Å². The van der Waals surface area contributed by atoms with E-state index in [1.165, 1.54) is 13.0 Å². The lowest BCUT2D eigenvalue weighted by Gasteiger charge is -2.22. The Hall–Kier alpha value is -2.67. The van der Waals surface area contributed by atoms with E-state index in [9.17, 15) is 18.0 Å². The van der Waals surface area contributed by atoms with E-state index in [0.29, 0.717) is 16.9 Å². The van der Waals surface area contributed by atoms with Crippen molar-refractivity contribution in [3.63, 3.8) is 0 Å². The molecule has 2 aromatic rings. The molecule has 1 N–H and O–H groups in total. The standard InChI is InChI=1S/C20H24N2O4S/c1-14-8-9-19(15(2)12-14)21-20(24)10-11-22(27(4,25)26)18-7-5-6-17(13-18)16(3)23/h5-9,12-13H,10-11H2,1-4H3,(H,21,24). The number of anilines is 2. The lowest BCUT2D eigenvalue weighted by molar-refractivity contribution is -0.116. The van der Waals surface area contributed by atoms with E-state index in [-0.39, 0.29) is 24.7 Å². The molecule has 0 fully saturated rings. The highest BCUT2D eigenvalue weighted by molar-refractivity contribution is 7.92. The number of aryl methyl sites for hydroxylation is 2. The molecule has 0 saturated carbocycles. The second-order valence-electron chi connectivity index (χ2n) is 6.56. The number of carbonyl (C=O) groups excluding carboxylic acids is 2. The van der Waals surface area contributed by atoms with Gasteiger partial charge in [-0.1, -0.05) is 29.8 Å². The lowest BCUT2D eigenvalue weighted by Crippen LogP contribution is -2.33. The fourth-order valence-electron chi connectivity index (χ4n) is 2.74. The minimum atomic E-state index is -3.60. The molecule has 2 rings (SSSR count). The maximum Gasteiger partial charge on any atom is 0.232 e. The number of sulfonamides is 1. The van der Waals surface area contributed by atoms with Crippen LogP contribution in [0.3, 0.4) is 0 Å². The van der Waals surface area contributed by atoms with Crippen molar-refractivity contribution in [2.24, 2.45) is 0 Å². The predicted molar refractivity (Wildman–Crippen MR) is 108 cm³/mol. The fraction of sp³-hybridized carbons (Fsp3) is 0.300. The van der Waals surface area contributed by atoms with Gasteiger partial charge in [0.2, 0.25) is 15.9 Å². The van der Waals surface area contributed by atoms with Gasteiger partial charge in [-0.2, -0.15) is 0 Å². The number of hydrogen-bond donors (Lipinski definition) is 1. The summed E-state index contributed by atoms with van der Waals surface area (Å²) in [6.07, 6.45) is 1.07. The number of amides is 1. The van der Waals surface area contributed by atoms with Crippen LogP contribution in [0.1, 0.15) is 34.8 Å². The number of carbonyl (C=O) groups is 2. The Bertz CT molecular complexity index is 968. The second kappa shape index (κ2) is 8.35. The van der Waals surface area contributed by atoms with E-state index in [4.69, 9.17) is 0 Å². The highest BCUT2D eigenvalue weighted by Gasteiger charge is 2.19. The molecule has 0 aliphatic carbocycles. The first-order valence-electron chi connectivity index (χ1n) is 8.54. The Balaban J connectivity index is 2.14. The molecule has 0 aliphatic rings. The number of Topliss-reactive ketones (excluding diaryl/α,β-unsaturated/α-hetero) is 1.